The molecule has 2 aliphatic carbocycles. The van der Waals surface area contributed by atoms with E-state index in [1.165, 1.54) is 37.5 Å². The van der Waals surface area contributed by atoms with Crippen LogP contribution in [0.3, 0.4) is 0 Å². The third-order valence-corrected chi connectivity index (χ3v) is 3.77. The van der Waals surface area contributed by atoms with Gasteiger partial charge in [0.15, 0.2) is 0 Å². The van der Waals surface area contributed by atoms with Crippen LogP contribution in [-0.2, 0) is 21.1 Å². The zero-order valence-electron chi connectivity index (χ0n) is 12.9. The largest absolute Gasteiger partial charge is 0.107 e. The topological polar surface area (TPSA) is 0 Å². The van der Waals surface area contributed by atoms with E-state index >= 15 is 0 Å². The molecule has 0 bridgehead atoms. The number of unbranched alkanes of at least 4 members (excludes halogenated alkanes) is 1. The van der Waals surface area contributed by atoms with E-state index in [1.807, 2.05) is 20.8 Å². The Morgan fingerprint density at radius 1 is 0.889 bits per heavy atom. The van der Waals surface area contributed by atoms with Crippen LogP contribution in [0.4, 0.5) is 0 Å². The zero-order chi connectivity index (χ0) is 12.9. The van der Waals surface area contributed by atoms with Gasteiger partial charge >= 0.3 is 0 Å². The summed E-state index contributed by atoms with van der Waals surface area (Å²) in [5.74, 6) is 8.10. The first-order chi connectivity index (χ1) is 8.38. The number of fused-ring (bicyclic) bond motifs is 1. The van der Waals surface area contributed by atoms with Crippen LogP contribution in [0.5, 0.6) is 0 Å². The van der Waals surface area contributed by atoms with E-state index in [9.17, 15) is 0 Å². The summed E-state index contributed by atoms with van der Waals surface area (Å²) >= 11 is 0. The summed E-state index contributed by atoms with van der Waals surface area (Å²) in [5, 5.41) is 0. The van der Waals surface area contributed by atoms with Gasteiger partial charge in [0.05, 0.1) is 0 Å². The Morgan fingerprint density at radius 3 is 1.67 bits per heavy atom. The predicted octanol–water partition coefficient (Wildman–Crippen LogP) is 5.81. The maximum Gasteiger partial charge on any atom is 0.00859 e. The van der Waals surface area contributed by atoms with Crippen LogP contribution in [0, 0.1) is 23.7 Å². The predicted molar refractivity (Wildman–Crippen MR) is 79.0 cm³/mol. The third kappa shape index (κ3) is 9.21. The van der Waals surface area contributed by atoms with Crippen LogP contribution in [0.25, 0.3) is 0 Å². The molecular weight excluding hydrogens is 388 g/mol. The fraction of sp³-hybridized carbons (Fsp3) is 0.882. The molecule has 1 heteroatoms. The second-order valence-electron chi connectivity index (χ2n) is 4.91. The van der Waals surface area contributed by atoms with Gasteiger partial charge in [-0.1, -0.05) is 65.7 Å². The monoisotopic (exact) mass is 420 g/mol. The molecule has 2 saturated carbocycles. The molecule has 0 radical (unpaired) electrons. The molecule has 106 valence electrons. The molecule has 2 fully saturated rings. The molecule has 0 aromatic rings. The Kier molecular flexibility index (Phi) is 17.5. The maximum absolute atomic E-state index is 2.95. The van der Waals surface area contributed by atoms with Gasteiger partial charge in [-0.15, -0.1) is 11.8 Å². The molecule has 0 aromatic heterocycles. The van der Waals surface area contributed by atoms with Crippen molar-refractivity contribution in [2.75, 3.05) is 0 Å². The molecule has 0 N–H and O–H groups in total. The van der Waals surface area contributed by atoms with E-state index in [4.69, 9.17) is 0 Å². The summed E-state index contributed by atoms with van der Waals surface area (Å²) in [6, 6.07) is 0. The summed E-state index contributed by atoms with van der Waals surface area (Å²) < 4.78 is 0. The second-order valence-corrected chi connectivity index (χ2v) is 4.91. The molecule has 0 aliphatic heterocycles. The average Bonchev–Trinajstić information content (AvgIpc) is 2.88. The van der Waals surface area contributed by atoms with Crippen molar-refractivity contribution in [3.05, 3.63) is 0 Å². The first kappa shape index (κ1) is 20.6. The molecule has 0 nitrogen and oxygen atoms in total. The Bertz CT molecular complexity index is 199. The van der Waals surface area contributed by atoms with Gasteiger partial charge in [0.2, 0.25) is 0 Å². The molecule has 2 rings (SSSR count). The quantitative estimate of drug-likeness (QED) is 0.470. The molecule has 0 amide bonds. The molecule has 2 aliphatic rings. The molecule has 2 unspecified atom stereocenters. The number of hydrogen-bond acceptors (Lipinski definition) is 0. The number of hydrogen-bond donors (Lipinski definition) is 0. The SMILES string of the molecule is C1CCC2CCCC2C1.CC.CC#CCCC.[W]. The Balaban J connectivity index is 0. The Labute approximate surface area is 130 Å². The zero-order valence-corrected chi connectivity index (χ0v) is 15.9. The Hall–Kier alpha value is 0.248. The van der Waals surface area contributed by atoms with Crippen molar-refractivity contribution < 1.29 is 21.1 Å². The van der Waals surface area contributed by atoms with Crippen molar-refractivity contribution in [3.63, 3.8) is 0 Å². The van der Waals surface area contributed by atoms with Gasteiger partial charge in [-0.25, -0.2) is 0 Å². The van der Waals surface area contributed by atoms with E-state index < -0.39 is 0 Å². The second kappa shape index (κ2) is 15.3. The minimum absolute atomic E-state index is 0. The van der Waals surface area contributed by atoms with E-state index in [0.29, 0.717) is 0 Å². The molecule has 2 atom stereocenters. The van der Waals surface area contributed by atoms with E-state index in [2.05, 4.69) is 18.8 Å². The van der Waals surface area contributed by atoms with Crippen LogP contribution in [0.15, 0.2) is 0 Å². The van der Waals surface area contributed by atoms with Gasteiger partial charge in [0, 0.05) is 27.5 Å². The number of rotatable bonds is 1. The first-order valence-electron chi connectivity index (χ1n) is 7.78. The molecule has 18 heavy (non-hydrogen) atoms. The van der Waals surface area contributed by atoms with Crippen LogP contribution in [-0.4, -0.2) is 0 Å². The van der Waals surface area contributed by atoms with Crippen LogP contribution in [0.1, 0.15) is 85.5 Å². The molecular formula is C17H32W. The van der Waals surface area contributed by atoms with E-state index in [0.717, 1.165) is 6.42 Å². The van der Waals surface area contributed by atoms with Crippen molar-refractivity contribution in [2.45, 2.75) is 85.5 Å². The van der Waals surface area contributed by atoms with Gasteiger partial charge in [0.25, 0.3) is 0 Å². The first-order valence-corrected chi connectivity index (χ1v) is 7.78. The average molecular weight is 420 g/mol. The van der Waals surface area contributed by atoms with Gasteiger partial charge in [-0.3, -0.25) is 0 Å². The third-order valence-electron chi connectivity index (χ3n) is 3.77. The van der Waals surface area contributed by atoms with Gasteiger partial charge in [-0.2, -0.15) is 0 Å². The fourth-order valence-electron chi connectivity index (χ4n) is 2.94. The minimum Gasteiger partial charge on any atom is -0.107 e. The van der Waals surface area contributed by atoms with Crippen molar-refractivity contribution in [2.24, 2.45) is 11.8 Å². The van der Waals surface area contributed by atoms with Gasteiger partial charge in [0.1, 0.15) is 0 Å². The fourth-order valence-corrected chi connectivity index (χ4v) is 2.94. The van der Waals surface area contributed by atoms with E-state index in [1.54, 1.807) is 25.7 Å². The molecule has 0 aromatic carbocycles. The van der Waals surface area contributed by atoms with E-state index in [-0.39, 0.29) is 21.1 Å². The Morgan fingerprint density at radius 2 is 1.33 bits per heavy atom. The maximum atomic E-state index is 2.95. The van der Waals surface area contributed by atoms with Crippen molar-refractivity contribution in [1.29, 1.82) is 0 Å². The van der Waals surface area contributed by atoms with Crippen LogP contribution < -0.4 is 0 Å². The standard InChI is InChI=1S/C9H16.C6H10.C2H6.W/c1-2-5-9-7-3-6-8(9)4-1;1-3-5-6-4-2;1-2;/h8-9H,1-7H2;3,5H2,1-2H3;1-2H3;. The summed E-state index contributed by atoms with van der Waals surface area (Å²) in [6.45, 7) is 8.00. The van der Waals surface area contributed by atoms with Crippen LogP contribution in [0.2, 0.25) is 0 Å². The minimum atomic E-state index is 0. The van der Waals surface area contributed by atoms with Crippen LogP contribution >= 0.6 is 0 Å². The molecule has 0 heterocycles. The molecule has 0 spiro atoms. The summed E-state index contributed by atoms with van der Waals surface area (Å²) in [6.07, 6.45) is 13.1. The summed E-state index contributed by atoms with van der Waals surface area (Å²) in [4.78, 5) is 0. The normalized spacial score (nSPS) is 23.8. The van der Waals surface area contributed by atoms with Gasteiger partial charge < -0.3 is 0 Å². The van der Waals surface area contributed by atoms with Crippen molar-refractivity contribution in [1.82, 2.24) is 0 Å². The van der Waals surface area contributed by atoms with Crippen molar-refractivity contribution >= 4 is 0 Å². The smallest absolute Gasteiger partial charge is 0.00859 e. The summed E-state index contributed by atoms with van der Waals surface area (Å²) in [7, 11) is 0. The summed E-state index contributed by atoms with van der Waals surface area (Å²) in [5.41, 5.74) is 0. The van der Waals surface area contributed by atoms with Crippen molar-refractivity contribution in [3.8, 4) is 11.8 Å². The van der Waals surface area contributed by atoms with Gasteiger partial charge in [-0.05, 0) is 25.2 Å². The molecule has 0 saturated heterocycles.